The third-order valence-electron chi connectivity index (χ3n) is 8.51. The number of imidazole rings is 1. The average Bonchev–Trinajstić information content (AvgIpc) is 3.62. The van der Waals surface area contributed by atoms with Crippen molar-refractivity contribution in [1.29, 1.82) is 0 Å². The van der Waals surface area contributed by atoms with E-state index in [4.69, 9.17) is 14.5 Å². The summed E-state index contributed by atoms with van der Waals surface area (Å²) in [4.78, 5) is 28.5. The van der Waals surface area contributed by atoms with Crippen LogP contribution >= 0.6 is 0 Å². The monoisotopic (exact) mass is 546 g/mol. The summed E-state index contributed by atoms with van der Waals surface area (Å²) in [6.45, 7) is -0.902. The van der Waals surface area contributed by atoms with E-state index in [2.05, 4.69) is 20.2 Å². The number of carbonyl (C=O) groups is 1. The van der Waals surface area contributed by atoms with Gasteiger partial charge in [0.25, 0.3) is 0 Å². The fourth-order valence-corrected chi connectivity index (χ4v) is 6.74. The highest BCUT2D eigenvalue weighted by Crippen LogP contribution is 2.43. The molecule has 11 heteroatoms. The number of fused-ring (bicyclic) bond motifs is 5. The number of hydrogen-bond acceptors (Lipinski definition) is 8. The van der Waals surface area contributed by atoms with Gasteiger partial charge < -0.3 is 24.3 Å². The van der Waals surface area contributed by atoms with Gasteiger partial charge in [0.1, 0.15) is 5.75 Å². The number of halogens is 2. The molecule has 1 aliphatic carbocycles. The third-order valence-corrected chi connectivity index (χ3v) is 8.51. The maximum atomic E-state index is 13.1. The molecule has 7 rings (SSSR count). The maximum Gasteiger partial charge on any atom is 0.387 e. The molecule has 4 heterocycles. The SMILES string of the molecule is COC(=O)C1[C@@H]2CC[C@H]1CN(c1ncc(-c3ccc4nc5n(c4c3)C(c3ccccc3OC(F)F)CN5)cn1)C2. The fraction of sp³-hybridized carbons (Fsp3) is 0.379. The Labute approximate surface area is 229 Å². The molecule has 2 aromatic carbocycles. The predicted octanol–water partition coefficient (Wildman–Crippen LogP) is 4.75. The van der Waals surface area contributed by atoms with Crippen LogP contribution in [0.3, 0.4) is 0 Å². The number of ether oxygens (including phenoxy) is 2. The second kappa shape index (κ2) is 9.72. The van der Waals surface area contributed by atoms with Gasteiger partial charge in [0.15, 0.2) is 0 Å². The first-order valence-corrected chi connectivity index (χ1v) is 13.4. The summed E-state index contributed by atoms with van der Waals surface area (Å²) in [6.07, 6.45) is 5.67. The lowest BCUT2D eigenvalue weighted by molar-refractivity contribution is -0.148. The zero-order valence-electron chi connectivity index (χ0n) is 21.8. The Morgan fingerprint density at radius 1 is 1.05 bits per heavy atom. The molecular weight excluding hydrogens is 518 g/mol. The predicted molar refractivity (Wildman–Crippen MR) is 144 cm³/mol. The van der Waals surface area contributed by atoms with Gasteiger partial charge in [-0.1, -0.05) is 24.3 Å². The van der Waals surface area contributed by atoms with Crippen molar-refractivity contribution in [3.05, 3.63) is 60.4 Å². The van der Waals surface area contributed by atoms with Crippen molar-refractivity contribution in [3.8, 4) is 16.9 Å². The molecule has 2 bridgehead atoms. The molecule has 2 fully saturated rings. The number of esters is 1. The zero-order valence-corrected chi connectivity index (χ0v) is 21.8. The van der Waals surface area contributed by atoms with Crippen LogP contribution in [0.2, 0.25) is 0 Å². The van der Waals surface area contributed by atoms with Gasteiger partial charge in [-0.15, -0.1) is 0 Å². The molecule has 0 radical (unpaired) electrons. The Bertz CT molecular complexity index is 1560. The number of rotatable bonds is 6. The number of carbonyl (C=O) groups excluding carboxylic acids is 1. The van der Waals surface area contributed by atoms with E-state index >= 15 is 0 Å². The molecule has 206 valence electrons. The largest absolute Gasteiger partial charge is 0.469 e. The van der Waals surface area contributed by atoms with Crippen LogP contribution < -0.4 is 15.0 Å². The van der Waals surface area contributed by atoms with E-state index in [1.165, 1.54) is 7.11 Å². The second-order valence-electron chi connectivity index (χ2n) is 10.6. The van der Waals surface area contributed by atoms with Crippen LogP contribution in [0.15, 0.2) is 54.9 Å². The molecule has 1 saturated heterocycles. The first kappa shape index (κ1) is 24.7. The van der Waals surface area contributed by atoms with Crippen molar-refractivity contribution >= 4 is 28.9 Å². The lowest BCUT2D eigenvalue weighted by Crippen LogP contribution is -2.45. The quantitative estimate of drug-likeness (QED) is 0.347. The van der Waals surface area contributed by atoms with Crippen molar-refractivity contribution in [2.24, 2.45) is 17.8 Å². The Balaban J connectivity index is 1.16. The number of methoxy groups -OCH3 is 1. The second-order valence-corrected chi connectivity index (χ2v) is 10.6. The standard InChI is InChI=1S/C29H28F2N6O3/c1-39-26(38)25-17-6-7-18(25)15-36(14-17)28-32-11-19(12-33-28)16-8-9-21-22(10-16)37-23(13-34-29(37)35-21)20-4-2-3-5-24(20)40-27(30)31/h2-5,8-12,17-18,23,25,27H,6-7,13-15H2,1H3,(H,34,35)/t17-,18+,23?,25?. The van der Waals surface area contributed by atoms with Gasteiger partial charge in [0, 0.05) is 43.2 Å². The minimum absolute atomic E-state index is 0.0307. The summed E-state index contributed by atoms with van der Waals surface area (Å²) >= 11 is 0. The number of para-hydroxylation sites is 1. The Morgan fingerprint density at radius 3 is 2.52 bits per heavy atom. The number of hydrogen-bond donors (Lipinski definition) is 1. The summed E-state index contributed by atoms with van der Waals surface area (Å²) < 4.78 is 38.1. The summed E-state index contributed by atoms with van der Waals surface area (Å²) in [6, 6.07) is 12.6. The highest BCUT2D eigenvalue weighted by atomic mass is 19.3. The van der Waals surface area contributed by atoms with Crippen molar-refractivity contribution < 1.29 is 23.0 Å². The van der Waals surface area contributed by atoms with Gasteiger partial charge in [0.05, 0.1) is 30.1 Å². The number of alkyl halides is 2. The van der Waals surface area contributed by atoms with Gasteiger partial charge in [0.2, 0.25) is 11.9 Å². The van der Waals surface area contributed by atoms with Gasteiger partial charge in [-0.25, -0.2) is 15.0 Å². The maximum absolute atomic E-state index is 13.1. The number of anilines is 2. The molecular formula is C29H28F2N6O3. The van der Waals surface area contributed by atoms with Gasteiger partial charge in [-0.2, -0.15) is 8.78 Å². The van der Waals surface area contributed by atoms with Crippen LogP contribution in [0.25, 0.3) is 22.2 Å². The lowest BCUT2D eigenvalue weighted by Gasteiger charge is -2.36. The first-order chi connectivity index (χ1) is 19.5. The molecule has 2 unspecified atom stereocenters. The smallest absolute Gasteiger partial charge is 0.387 e. The Kier molecular flexibility index (Phi) is 6.01. The molecule has 2 aliphatic heterocycles. The topological polar surface area (TPSA) is 94.4 Å². The molecule has 0 amide bonds. The van der Waals surface area contributed by atoms with E-state index in [9.17, 15) is 13.6 Å². The van der Waals surface area contributed by atoms with Crippen LogP contribution in [0.5, 0.6) is 5.75 Å². The number of piperidine rings is 1. The normalized spacial score (nSPS) is 23.4. The summed E-state index contributed by atoms with van der Waals surface area (Å²) in [5.74, 6) is 1.89. The van der Waals surface area contributed by atoms with E-state index in [0.717, 1.165) is 48.1 Å². The minimum atomic E-state index is -2.90. The van der Waals surface area contributed by atoms with E-state index in [-0.39, 0.29) is 35.5 Å². The number of benzene rings is 2. The van der Waals surface area contributed by atoms with Crippen LogP contribution in [-0.4, -0.2) is 58.8 Å². The Morgan fingerprint density at radius 2 is 1.80 bits per heavy atom. The molecule has 40 heavy (non-hydrogen) atoms. The molecule has 4 atom stereocenters. The van der Waals surface area contributed by atoms with Crippen LogP contribution in [0.1, 0.15) is 24.4 Å². The highest BCUT2D eigenvalue weighted by Gasteiger charge is 2.47. The van der Waals surface area contributed by atoms with E-state index in [0.29, 0.717) is 24.0 Å². The molecule has 2 aromatic heterocycles. The minimum Gasteiger partial charge on any atom is -0.469 e. The van der Waals surface area contributed by atoms with E-state index in [1.807, 2.05) is 47.3 Å². The number of aromatic nitrogens is 4. The van der Waals surface area contributed by atoms with E-state index in [1.54, 1.807) is 12.1 Å². The molecule has 9 nitrogen and oxygen atoms in total. The summed E-state index contributed by atoms with van der Waals surface area (Å²) in [5, 5.41) is 3.30. The van der Waals surface area contributed by atoms with Gasteiger partial charge in [-0.05, 0) is 48.4 Å². The zero-order chi connectivity index (χ0) is 27.4. The van der Waals surface area contributed by atoms with Crippen LogP contribution in [0.4, 0.5) is 20.7 Å². The number of nitrogens with one attached hydrogen (secondary N) is 1. The van der Waals surface area contributed by atoms with Crippen molar-refractivity contribution in [2.45, 2.75) is 25.5 Å². The molecule has 0 spiro atoms. The van der Waals surface area contributed by atoms with E-state index < -0.39 is 6.61 Å². The molecule has 1 saturated carbocycles. The van der Waals surface area contributed by atoms with Gasteiger partial charge >= 0.3 is 12.6 Å². The van der Waals surface area contributed by atoms with Crippen molar-refractivity contribution in [2.75, 3.05) is 37.0 Å². The first-order valence-electron chi connectivity index (χ1n) is 13.4. The van der Waals surface area contributed by atoms with Crippen molar-refractivity contribution in [1.82, 2.24) is 19.5 Å². The molecule has 1 N–H and O–H groups in total. The van der Waals surface area contributed by atoms with Crippen LogP contribution in [-0.2, 0) is 9.53 Å². The molecule has 3 aliphatic rings. The highest BCUT2D eigenvalue weighted by molar-refractivity contribution is 5.85. The van der Waals surface area contributed by atoms with Crippen LogP contribution in [0, 0.1) is 17.8 Å². The Hall–Kier alpha value is -4.28. The summed E-state index contributed by atoms with van der Waals surface area (Å²) in [7, 11) is 1.46. The average molecular weight is 547 g/mol. The van der Waals surface area contributed by atoms with Gasteiger partial charge in [-0.3, -0.25) is 4.79 Å². The molecule has 4 aromatic rings. The van der Waals surface area contributed by atoms with Crippen molar-refractivity contribution in [3.63, 3.8) is 0 Å². The lowest BCUT2D eigenvalue weighted by atomic mass is 9.85. The summed E-state index contributed by atoms with van der Waals surface area (Å²) in [5.41, 5.74) is 4.12. The fourth-order valence-electron chi connectivity index (χ4n) is 6.74. The third kappa shape index (κ3) is 4.11. The number of nitrogens with zero attached hydrogens (tertiary/aromatic N) is 5.